The molecule has 0 aliphatic heterocycles. The molecule has 0 amide bonds. The summed E-state index contributed by atoms with van der Waals surface area (Å²) in [4.78, 5) is 5.04. The average Bonchev–Trinajstić information content (AvgIpc) is 3.98. The molecule has 5 aliphatic rings. The monoisotopic (exact) mass is 959 g/mol. The van der Waals surface area contributed by atoms with Gasteiger partial charge < -0.3 is 14.4 Å². The maximum absolute atomic E-state index is 2.58. The van der Waals surface area contributed by atoms with Crippen LogP contribution in [0, 0.1) is 23.7 Å². The number of anilines is 6. The first-order chi connectivity index (χ1) is 37.2. The van der Waals surface area contributed by atoms with Gasteiger partial charge in [0.25, 0.3) is 0 Å². The van der Waals surface area contributed by atoms with Crippen LogP contribution < -0.4 is 9.80 Å². The third-order valence-corrected chi connectivity index (χ3v) is 18.8. The number of benzene rings is 12. The van der Waals surface area contributed by atoms with Gasteiger partial charge in [-0.1, -0.05) is 158 Å². The molecule has 3 nitrogen and oxygen atoms in total. The first kappa shape index (κ1) is 41.8. The van der Waals surface area contributed by atoms with Gasteiger partial charge in [0.05, 0.1) is 22.4 Å². The number of aromatic nitrogens is 1. The lowest BCUT2D eigenvalue weighted by Gasteiger charge is -2.61. The van der Waals surface area contributed by atoms with Crippen molar-refractivity contribution in [3.8, 4) is 16.8 Å². The Kier molecular flexibility index (Phi) is 8.73. The summed E-state index contributed by atoms with van der Waals surface area (Å²) < 4.78 is 2.42. The van der Waals surface area contributed by atoms with Crippen molar-refractivity contribution in [3.63, 3.8) is 0 Å². The Morgan fingerprint density at radius 3 is 1.60 bits per heavy atom. The van der Waals surface area contributed by atoms with Crippen molar-refractivity contribution in [2.24, 2.45) is 23.7 Å². The highest BCUT2D eigenvalue weighted by Gasteiger charge is 2.61. The summed E-state index contributed by atoms with van der Waals surface area (Å²) in [5, 5.41) is 12.5. The van der Waals surface area contributed by atoms with Gasteiger partial charge in [-0.25, -0.2) is 0 Å². The maximum Gasteiger partial charge on any atom is 0.0561 e. The van der Waals surface area contributed by atoms with Crippen LogP contribution in [0.1, 0.15) is 43.2 Å². The van der Waals surface area contributed by atoms with Crippen molar-refractivity contribution in [2.45, 2.75) is 37.5 Å². The van der Waals surface area contributed by atoms with Crippen LogP contribution in [0.3, 0.4) is 0 Å². The SMILES string of the molecule is c1ccc(N(c2ccc3c4ccccc4n(-c4ccccc4)c3c2)c2ccc3ccc4c(N(c5ccc6c(c5)-c5ccccc5C65C6CC7CC(C6)CC5C7)c5ccc6ccccc6c5)ccc5ccc2c3c54)cc1. The second-order valence-corrected chi connectivity index (χ2v) is 22.5. The van der Waals surface area contributed by atoms with Crippen LogP contribution in [0.4, 0.5) is 34.1 Å². The van der Waals surface area contributed by atoms with Gasteiger partial charge in [-0.2, -0.15) is 0 Å². The Balaban J connectivity index is 0.877. The molecule has 0 saturated heterocycles. The smallest absolute Gasteiger partial charge is 0.0561 e. The van der Waals surface area contributed by atoms with E-state index >= 15 is 0 Å². The van der Waals surface area contributed by atoms with Gasteiger partial charge in [0.2, 0.25) is 0 Å². The quantitative estimate of drug-likeness (QED) is 0.148. The predicted molar refractivity (Wildman–Crippen MR) is 315 cm³/mol. The van der Waals surface area contributed by atoms with Crippen molar-refractivity contribution in [2.75, 3.05) is 9.80 Å². The molecule has 5 aliphatic carbocycles. The molecule has 4 saturated carbocycles. The minimum absolute atomic E-state index is 0.121. The van der Waals surface area contributed by atoms with Gasteiger partial charge >= 0.3 is 0 Å². The summed E-state index contributed by atoms with van der Waals surface area (Å²) >= 11 is 0. The van der Waals surface area contributed by atoms with E-state index < -0.39 is 0 Å². The van der Waals surface area contributed by atoms with Gasteiger partial charge in [0, 0.05) is 55.4 Å². The highest BCUT2D eigenvalue weighted by Crippen LogP contribution is 2.69. The molecule has 0 unspecified atom stereocenters. The Morgan fingerprint density at radius 1 is 0.333 bits per heavy atom. The minimum Gasteiger partial charge on any atom is -0.310 e. The van der Waals surface area contributed by atoms with Gasteiger partial charge in [-0.15, -0.1) is 0 Å². The fourth-order valence-corrected chi connectivity index (χ4v) is 16.1. The second-order valence-electron chi connectivity index (χ2n) is 22.5. The molecule has 4 bridgehead atoms. The lowest BCUT2D eigenvalue weighted by molar-refractivity contribution is -0.0399. The van der Waals surface area contributed by atoms with Gasteiger partial charge in [0.1, 0.15) is 0 Å². The fourth-order valence-electron chi connectivity index (χ4n) is 16.1. The molecule has 4 fully saturated rings. The number of para-hydroxylation sites is 3. The molecule has 13 aromatic rings. The van der Waals surface area contributed by atoms with E-state index in [1.165, 1.54) is 125 Å². The molecule has 18 rings (SSSR count). The van der Waals surface area contributed by atoms with Gasteiger partial charge in [-0.05, 0) is 189 Å². The summed E-state index contributed by atoms with van der Waals surface area (Å²) in [6.07, 6.45) is 6.99. The van der Waals surface area contributed by atoms with E-state index in [1.807, 2.05) is 0 Å². The van der Waals surface area contributed by atoms with Crippen LogP contribution >= 0.6 is 0 Å². The van der Waals surface area contributed by atoms with E-state index in [2.05, 4.69) is 251 Å². The Bertz CT molecular complexity index is 4420. The highest BCUT2D eigenvalue weighted by atomic mass is 15.2. The third-order valence-electron chi connectivity index (χ3n) is 18.8. The lowest BCUT2D eigenvalue weighted by atomic mass is 9.43. The molecule has 75 heavy (non-hydrogen) atoms. The Labute approximate surface area is 436 Å². The van der Waals surface area contributed by atoms with Crippen molar-refractivity contribution in [1.29, 1.82) is 0 Å². The zero-order valence-corrected chi connectivity index (χ0v) is 41.7. The minimum atomic E-state index is 0.121. The van der Waals surface area contributed by atoms with Crippen LogP contribution in [0.5, 0.6) is 0 Å². The van der Waals surface area contributed by atoms with Crippen LogP contribution in [0.25, 0.3) is 81.7 Å². The maximum atomic E-state index is 2.58. The molecule has 12 aromatic carbocycles. The van der Waals surface area contributed by atoms with Crippen molar-refractivity contribution in [1.82, 2.24) is 4.57 Å². The van der Waals surface area contributed by atoms with Crippen molar-refractivity contribution in [3.05, 3.63) is 248 Å². The molecule has 3 heteroatoms. The summed E-state index contributed by atoms with van der Waals surface area (Å²) in [7, 11) is 0. The molecular formula is C72H53N3. The normalized spacial score (nSPS) is 20.3. The summed E-state index contributed by atoms with van der Waals surface area (Å²) in [6, 6.07) is 89.5. The number of hydrogen-bond donors (Lipinski definition) is 0. The first-order valence-corrected chi connectivity index (χ1v) is 27.3. The zero-order valence-electron chi connectivity index (χ0n) is 41.7. The van der Waals surface area contributed by atoms with Gasteiger partial charge in [0.15, 0.2) is 0 Å². The van der Waals surface area contributed by atoms with Crippen LogP contribution in [-0.4, -0.2) is 4.57 Å². The van der Waals surface area contributed by atoms with E-state index in [4.69, 9.17) is 0 Å². The molecule has 0 radical (unpaired) electrons. The predicted octanol–water partition coefficient (Wildman–Crippen LogP) is 19.5. The molecule has 1 spiro atoms. The molecule has 356 valence electrons. The topological polar surface area (TPSA) is 11.4 Å². The molecule has 0 N–H and O–H groups in total. The Hall–Kier alpha value is -8.66. The lowest BCUT2D eigenvalue weighted by Crippen LogP contribution is -2.55. The van der Waals surface area contributed by atoms with Crippen LogP contribution in [0.15, 0.2) is 237 Å². The number of hydrogen-bond acceptors (Lipinski definition) is 2. The van der Waals surface area contributed by atoms with Crippen molar-refractivity contribution >= 4 is 99.0 Å². The largest absolute Gasteiger partial charge is 0.310 e. The summed E-state index contributed by atoms with van der Waals surface area (Å²) in [6.45, 7) is 0. The molecule has 1 heterocycles. The summed E-state index contributed by atoms with van der Waals surface area (Å²) in [5.74, 6) is 3.27. The number of rotatable bonds is 7. The first-order valence-electron chi connectivity index (χ1n) is 27.3. The number of nitrogens with zero attached hydrogens (tertiary/aromatic N) is 3. The van der Waals surface area contributed by atoms with Crippen molar-refractivity contribution < 1.29 is 0 Å². The average molecular weight is 960 g/mol. The van der Waals surface area contributed by atoms with Gasteiger partial charge in [-0.3, -0.25) is 0 Å². The fraction of sp³-hybridized carbons (Fsp3) is 0.139. The standard InChI is InChI=1S/C72H53N3/c1-3-15-53(16-4-1)73(57-29-33-60-59-20-10-12-22-66(59)75(69(60)44-57)54-17-5-2-6-18-54)67-35-26-48-25-32-62-68(36-27-49-24-31-61(67)70(48)71(49)62)74(55-28-23-47-13-7-8-14-50(47)42-55)56-30-34-65-63(43-56)58-19-9-11-21-64(58)72(65)51-38-45-37-46(40-51)41-52(72)39-45/h1-36,42-46,51-52H,37-41H2. The molecule has 0 atom stereocenters. The van der Waals surface area contributed by atoms with Crippen LogP contribution in [0.2, 0.25) is 0 Å². The molecule has 1 aromatic heterocycles. The van der Waals surface area contributed by atoms with E-state index in [1.54, 1.807) is 11.1 Å². The second kappa shape index (κ2) is 15.7. The van der Waals surface area contributed by atoms with E-state index in [0.29, 0.717) is 0 Å². The number of fused-ring (bicyclic) bond motifs is 7. The third kappa shape index (κ3) is 5.87. The zero-order chi connectivity index (χ0) is 48.9. The van der Waals surface area contributed by atoms with Crippen LogP contribution in [-0.2, 0) is 5.41 Å². The van der Waals surface area contributed by atoms with E-state index in [9.17, 15) is 0 Å². The summed E-state index contributed by atoms with van der Waals surface area (Å²) in [5.41, 5.74) is 16.7. The molecular weight excluding hydrogens is 907 g/mol. The van der Waals surface area contributed by atoms with E-state index in [-0.39, 0.29) is 5.41 Å². The Morgan fingerprint density at radius 2 is 0.853 bits per heavy atom. The highest BCUT2D eigenvalue weighted by molar-refractivity contribution is 6.28. The van der Waals surface area contributed by atoms with E-state index in [0.717, 1.165) is 46.4 Å².